The number of hydrogen-bond acceptors (Lipinski definition) is 1. The molecule has 0 saturated heterocycles. The van der Waals surface area contributed by atoms with Gasteiger partial charge in [-0.1, -0.05) is 11.6 Å². The van der Waals surface area contributed by atoms with Crippen molar-refractivity contribution in [3.8, 4) is 0 Å². The van der Waals surface area contributed by atoms with E-state index in [0.29, 0.717) is 22.6 Å². The van der Waals surface area contributed by atoms with Crippen LogP contribution in [-0.2, 0) is 6.42 Å². The Balaban J connectivity index is 2.67. The molecule has 1 aliphatic rings. The minimum Gasteiger partial charge on any atom is -0.388 e. The van der Waals surface area contributed by atoms with Crippen LogP contribution >= 0.6 is 11.6 Å². The van der Waals surface area contributed by atoms with Gasteiger partial charge in [0, 0.05) is 5.02 Å². The summed E-state index contributed by atoms with van der Waals surface area (Å²) in [6.45, 7) is 1.69. The van der Waals surface area contributed by atoms with E-state index in [1.54, 1.807) is 6.92 Å². The van der Waals surface area contributed by atoms with Crippen LogP contribution in [0.25, 0.3) is 0 Å². The molecule has 0 radical (unpaired) electrons. The van der Waals surface area contributed by atoms with Gasteiger partial charge < -0.3 is 5.11 Å². The predicted molar refractivity (Wildman–Crippen MR) is 54.0 cm³/mol. The van der Waals surface area contributed by atoms with E-state index < -0.39 is 6.10 Å². The first-order valence-corrected chi connectivity index (χ1v) is 5.14. The third kappa shape index (κ3) is 1.43. The number of aliphatic hydroxyl groups is 1. The topological polar surface area (TPSA) is 20.2 Å². The molecule has 1 unspecified atom stereocenters. The molecule has 0 fully saturated rings. The molecule has 2 rings (SSSR count). The number of halogens is 2. The van der Waals surface area contributed by atoms with Gasteiger partial charge in [-0.25, -0.2) is 4.39 Å². The van der Waals surface area contributed by atoms with Crippen LogP contribution in [0.15, 0.2) is 6.07 Å². The zero-order valence-electron chi connectivity index (χ0n) is 7.98. The van der Waals surface area contributed by atoms with Crippen molar-refractivity contribution in [1.82, 2.24) is 0 Å². The third-order valence-electron chi connectivity index (χ3n) is 2.87. The average Bonchev–Trinajstić information content (AvgIpc) is 2.14. The summed E-state index contributed by atoms with van der Waals surface area (Å²) >= 11 is 5.93. The highest BCUT2D eigenvalue weighted by molar-refractivity contribution is 6.31. The maximum absolute atomic E-state index is 13.3. The molecule has 1 aliphatic carbocycles. The summed E-state index contributed by atoms with van der Waals surface area (Å²) in [5.74, 6) is -0.324. The summed E-state index contributed by atoms with van der Waals surface area (Å²) in [5.41, 5.74) is 2.17. The number of hydrogen-bond donors (Lipinski definition) is 1. The molecule has 1 N–H and O–H groups in total. The first-order valence-electron chi connectivity index (χ1n) is 4.76. The molecule has 3 heteroatoms. The zero-order chi connectivity index (χ0) is 10.3. The Kier molecular flexibility index (Phi) is 2.50. The van der Waals surface area contributed by atoms with Gasteiger partial charge in [0.25, 0.3) is 0 Å². The SMILES string of the molecule is Cc1c(F)cc(Cl)c2c1C(O)CCC2. The molecule has 0 aliphatic heterocycles. The second-order valence-electron chi connectivity index (χ2n) is 3.77. The molecule has 1 nitrogen and oxygen atoms in total. The largest absolute Gasteiger partial charge is 0.388 e. The molecule has 0 heterocycles. The third-order valence-corrected chi connectivity index (χ3v) is 3.20. The first kappa shape index (κ1) is 9.94. The zero-order valence-corrected chi connectivity index (χ0v) is 8.74. The van der Waals surface area contributed by atoms with Crippen molar-refractivity contribution in [3.63, 3.8) is 0 Å². The van der Waals surface area contributed by atoms with Crippen LogP contribution in [0.1, 0.15) is 35.6 Å². The Morgan fingerprint density at radius 2 is 2.29 bits per heavy atom. The van der Waals surface area contributed by atoms with Crippen LogP contribution in [0, 0.1) is 12.7 Å². The maximum Gasteiger partial charge on any atom is 0.127 e. The van der Waals surface area contributed by atoms with Crippen molar-refractivity contribution in [2.75, 3.05) is 0 Å². The van der Waals surface area contributed by atoms with Gasteiger partial charge in [-0.2, -0.15) is 0 Å². The molecule has 0 saturated carbocycles. The van der Waals surface area contributed by atoms with Gasteiger partial charge >= 0.3 is 0 Å². The Bertz CT molecular complexity index is 376. The highest BCUT2D eigenvalue weighted by Crippen LogP contribution is 2.37. The van der Waals surface area contributed by atoms with Crippen molar-refractivity contribution < 1.29 is 9.50 Å². The molecule has 0 spiro atoms. The van der Waals surface area contributed by atoms with Gasteiger partial charge in [0.15, 0.2) is 0 Å². The van der Waals surface area contributed by atoms with E-state index in [4.69, 9.17) is 11.6 Å². The summed E-state index contributed by atoms with van der Waals surface area (Å²) in [4.78, 5) is 0. The highest BCUT2D eigenvalue weighted by Gasteiger charge is 2.24. The van der Waals surface area contributed by atoms with Crippen LogP contribution in [0.2, 0.25) is 5.02 Å². The molecular formula is C11H12ClFO. The monoisotopic (exact) mass is 214 g/mol. The van der Waals surface area contributed by atoms with Crippen LogP contribution in [0.5, 0.6) is 0 Å². The summed E-state index contributed by atoms with van der Waals surface area (Å²) in [6, 6.07) is 1.34. The van der Waals surface area contributed by atoms with E-state index in [1.807, 2.05) is 0 Å². The lowest BCUT2D eigenvalue weighted by Gasteiger charge is -2.24. The second-order valence-corrected chi connectivity index (χ2v) is 4.17. The van der Waals surface area contributed by atoms with Gasteiger partial charge in [-0.3, -0.25) is 0 Å². The summed E-state index contributed by atoms with van der Waals surface area (Å²) in [6.07, 6.45) is 1.91. The quantitative estimate of drug-likeness (QED) is 0.704. The van der Waals surface area contributed by atoms with Crippen LogP contribution in [0.4, 0.5) is 4.39 Å². The van der Waals surface area contributed by atoms with Crippen molar-refractivity contribution in [2.24, 2.45) is 0 Å². The second kappa shape index (κ2) is 3.52. The van der Waals surface area contributed by atoms with Crippen LogP contribution < -0.4 is 0 Å². The minimum atomic E-state index is -0.549. The summed E-state index contributed by atoms with van der Waals surface area (Å²) in [5, 5.41) is 10.2. The molecule has 76 valence electrons. The molecule has 0 bridgehead atoms. The maximum atomic E-state index is 13.3. The molecule has 14 heavy (non-hydrogen) atoms. The predicted octanol–water partition coefficient (Wildman–Crippen LogP) is 3.16. The summed E-state index contributed by atoms with van der Waals surface area (Å²) in [7, 11) is 0. The van der Waals surface area contributed by atoms with E-state index in [9.17, 15) is 9.50 Å². The van der Waals surface area contributed by atoms with Crippen LogP contribution in [0.3, 0.4) is 0 Å². The van der Waals surface area contributed by atoms with Gasteiger partial charge in [0.05, 0.1) is 6.10 Å². The molecule has 1 aromatic carbocycles. The number of aliphatic hydroxyl groups excluding tert-OH is 1. The molecule has 0 amide bonds. The fourth-order valence-corrected chi connectivity index (χ4v) is 2.40. The first-order chi connectivity index (χ1) is 6.61. The van der Waals surface area contributed by atoms with Crippen molar-refractivity contribution in [3.05, 3.63) is 33.6 Å². The normalized spacial score (nSPS) is 20.7. The van der Waals surface area contributed by atoms with Crippen molar-refractivity contribution in [2.45, 2.75) is 32.3 Å². The Labute approximate surface area is 87.5 Å². The Hall–Kier alpha value is -0.600. The van der Waals surface area contributed by atoms with E-state index in [2.05, 4.69) is 0 Å². The fraction of sp³-hybridized carbons (Fsp3) is 0.455. The van der Waals surface area contributed by atoms with Crippen molar-refractivity contribution in [1.29, 1.82) is 0 Å². The Morgan fingerprint density at radius 3 is 3.00 bits per heavy atom. The fourth-order valence-electron chi connectivity index (χ4n) is 2.11. The lowest BCUT2D eigenvalue weighted by molar-refractivity contribution is 0.155. The van der Waals surface area contributed by atoms with E-state index in [-0.39, 0.29) is 5.82 Å². The van der Waals surface area contributed by atoms with Gasteiger partial charge in [-0.05, 0) is 48.9 Å². The molecule has 0 aromatic heterocycles. The number of rotatable bonds is 0. The van der Waals surface area contributed by atoms with E-state index in [1.165, 1.54) is 6.07 Å². The van der Waals surface area contributed by atoms with Crippen molar-refractivity contribution >= 4 is 11.6 Å². The lowest BCUT2D eigenvalue weighted by atomic mass is 9.86. The molecular weight excluding hydrogens is 203 g/mol. The average molecular weight is 215 g/mol. The van der Waals surface area contributed by atoms with Crippen LogP contribution in [-0.4, -0.2) is 5.11 Å². The van der Waals surface area contributed by atoms with Gasteiger partial charge in [-0.15, -0.1) is 0 Å². The Morgan fingerprint density at radius 1 is 1.57 bits per heavy atom. The minimum absolute atomic E-state index is 0.324. The van der Waals surface area contributed by atoms with E-state index >= 15 is 0 Å². The smallest absolute Gasteiger partial charge is 0.127 e. The molecule has 1 atom stereocenters. The highest BCUT2D eigenvalue weighted by atomic mass is 35.5. The van der Waals surface area contributed by atoms with E-state index in [0.717, 1.165) is 18.4 Å². The number of fused-ring (bicyclic) bond motifs is 1. The lowest BCUT2D eigenvalue weighted by Crippen LogP contribution is -2.12. The van der Waals surface area contributed by atoms with Gasteiger partial charge in [0.1, 0.15) is 5.82 Å². The summed E-state index contributed by atoms with van der Waals surface area (Å²) < 4.78 is 13.3. The van der Waals surface area contributed by atoms with Gasteiger partial charge in [0.2, 0.25) is 0 Å². The standard InChI is InChI=1S/C11H12ClFO/c1-6-9(13)5-8(12)7-3-2-4-10(14)11(6)7/h5,10,14H,2-4H2,1H3. The number of benzene rings is 1. The molecule has 1 aromatic rings.